The van der Waals surface area contributed by atoms with Crippen molar-refractivity contribution in [1.29, 1.82) is 0 Å². The number of aliphatic hydroxyl groups excluding tert-OH is 1. The van der Waals surface area contributed by atoms with E-state index in [-0.39, 0.29) is 13.0 Å². The molecule has 2 aromatic rings. The first-order valence-corrected chi connectivity index (χ1v) is 12.3. The highest BCUT2D eigenvalue weighted by Crippen LogP contribution is 2.30. The van der Waals surface area contributed by atoms with E-state index in [0.717, 1.165) is 36.5 Å². The molecule has 10 heteroatoms. The van der Waals surface area contributed by atoms with Crippen molar-refractivity contribution in [3.8, 4) is 0 Å². The van der Waals surface area contributed by atoms with Gasteiger partial charge in [-0.15, -0.1) is 11.3 Å². The highest BCUT2D eigenvalue weighted by Gasteiger charge is 2.38. The first kappa shape index (κ1) is 27.4. The van der Waals surface area contributed by atoms with Crippen molar-refractivity contribution in [2.45, 2.75) is 31.7 Å². The second-order valence-electron chi connectivity index (χ2n) is 8.17. The number of thiophene rings is 1. The fraction of sp³-hybridized carbons (Fsp3) is 0.478. The van der Waals surface area contributed by atoms with Gasteiger partial charge in [-0.1, -0.05) is 30.1 Å². The average molecular weight is 516 g/mol. The lowest BCUT2D eigenvalue weighted by atomic mass is 9.90. The van der Waals surface area contributed by atoms with Gasteiger partial charge >= 0.3 is 0 Å². The van der Waals surface area contributed by atoms with Crippen molar-refractivity contribution in [2.24, 2.45) is 0 Å². The van der Waals surface area contributed by atoms with Gasteiger partial charge in [-0.3, -0.25) is 9.59 Å². The zero-order chi connectivity index (χ0) is 24.6. The van der Waals surface area contributed by atoms with Gasteiger partial charge in [0.15, 0.2) is 0 Å². The number of nitrogens with one attached hydrogen (secondary N) is 2. The summed E-state index contributed by atoms with van der Waals surface area (Å²) in [7, 11) is 6.05. The van der Waals surface area contributed by atoms with Gasteiger partial charge < -0.3 is 25.5 Å². The Balaban J connectivity index is 2.14. The molecule has 2 rings (SSSR count). The average Bonchev–Trinajstić information content (AvgIpc) is 3.19. The van der Waals surface area contributed by atoms with E-state index >= 15 is 0 Å². The maximum Gasteiger partial charge on any atom is 0.262 e. The van der Waals surface area contributed by atoms with Crippen molar-refractivity contribution < 1.29 is 14.7 Å². The molecule has 0 aliphatic rings. The van der Waals surface area contributed by atoms with Crippen molar-refractivity contribution >= 4 is 57.7 Å². The second-order valence-corrected chi connectivity index (χ2v) is 10.3. The quantitative estimate of drug-likeness (QED) is 0.392. The third-order valence-electron chi connectivity index (χ3n) is 5.44. The smallest absolute Gasteiger partial charge is 0.262 e. The third-order valence-corrected chi connectivity index (χ3v) is 6.97. The summed E-state index contributed by atoms with van der Waals surface area (Å²) in [6.45, 7) is 3.35. The number of nitrogens with zero attached hydrogens (tertiary/aromatic N) is 2. The van der Waals surface area contributed by atoms with Crippen LogP contribution in [-0.2, 0) is 4.79 Å². The largest absolute Gasteiger partial charge is 0.396 e. The van der Waals surface area contributed by atoms with E-state index in [1.807, 2.05) is 27.2 Å². The van der Waals surface area contributed by atoms with E-state index < -0.39 is 17.4 Å². The van der Waals surface area contributed by atoms with Gasteiger partial charge in [0.1, 0.15) is 5.54 Å². The topological polar surface area (TPSA) is 84.9 Å². The summed E-state index contributed by atoms with van der Waals surface area (Å²) in [6, 6.07) is 8.56. The van der Waals surface area contributed by atoms with Crippen LogP contribution >= 0.6 is 34.5 Å². The predicted molar refractivity (Wildman–Crippen MR) is 138 cm³/mol. The molecule has 3 N–H and O–H groups in total. The Hall–Kier alpha value is -1.84. The molecule has 0 aliphatic heterocycles. The molecule has 1 aromatic heterocycles. The number of aliphatic hydroxyl groups is 1. The van der Waals surface area contributed by atoms with Gasteiger partial charge in [0.25, 0.3) is 5.91 Å². The second kappa shape index (κ2) is 12.6. The summed E-state index contributed by atoms with van der Waals surface area (Å²) in [4.78, 5) is 30.6. The number of benzene rings is 1. The van der Waals surface area contributed by atoms with Crippen LogP contribution in [0.15, 0.2) is 30.3 Å². The molecule has 1 aromatic carbocycles. The van der Waals surface area contributed by atoms with Crippen LogP contribution in [0.2, 0.25) is 9.36 Å². The Kier molecular flexibility index (Phi) is 10.4. The third kappa shape index (κ3) is 7.58. The first-order valence-electron chi connectivity index (χ1n) is 10.8. The molecule has 0 saturated carbocycles. The SMILES string of the molecule is CCC(CCO)(NC(=O)c1ccc(Cl)s1)C(=O)Nc1ccc(N(C)CCCN(C)C)c(Cl)c1. The highest BCUT2D eigenvalue weighted by atomic mass is 35.5. The summed E-state index contributed by atoms with van der Waals surface area (Å²) in [5.41, 5.74) is 0.101. The van der Waals surface area contributed by atoms with E-state index in [2.05, 4.69) is 20.4 Å². The number of carbonyl (C=O) groups is 2. The van der Waals surface area contributed by atoms with Crippen LogP contribution < -0.4 is 15.5 Å². The Morgan fingerprint density at radius 2 is 1.85 bits per heavy atom. The number of rotatable bonds is 12. The predicted octanol–water partition coefficient (Wildman–Crippen LogP) is 4.34. The summed E-state index contributed by atoms with van der Waals surface area (Å²) < 4.78 is 0.482. The van der Waals surface area contributed by atoms with E-state index in [1.165, 1.54) is 0 Å². The summed E-state index contributed by atoms with van der Waals surface area (Å²) in [6.07, 6.45) is 1.36. The van der Waals surface area contributed by atoms with Crippen LogP contribution in [0.5, 0.6) is 0 Å². The standard InChI is InChI=1S/C23H32Cl2N4O3S/c1-5-23(11-14-30,27-21(31)19-9-10-20(25)33-19)22(32)26-16-7-8-18(17(24)15-16)29(4)13-6-12-28(2)3/h7-10,15,30H,5-6,11-14H2,1-4H3,(H,26,32)(H,27,31). The number of amides is 2. The lowest BCUT2D eigenvalue weighted by Crippen LogP contribution is -2.57. The normalized spacial score (nSPS) is 13.0. The van der Waals surface area contributed by atoms with Gasteiger partial charge in [-0.2, -0.15) is 0 Å². The van der Waals surface area contributed by atoms with Gasteiger partial charge in [-0.05, 0) is 63.8 Å². The maximum atomic E-state index is 13.2. The number of hydrogen-bond donors (Lipinski definition) is 3. The van der Waals surface area contributed by atoms with Gasteiger partial charge in [0.2, 0.25) is 5.91 Å². The molecular weight excluding hydrogens is 483 g/mol. The number of carbonyl (C=O) groups excluding carboxylic acids is 2. The minimum Gasteiger partial charge on any atom is -0.396 e. The Labute approximate surface area is 209 Å². The fourth-order valence-electron chi connectivity index (χ4n) is 3.45. The Morgan fingerprint density at radius 1 is 1.12 bits per heavy atom. The summed E-state index contributed by atoms with van der Waals surface area (Å²) >= 11 is 13.6. The molecule has 1 atom stereocenters. The Morgan fingerprint density at radius 3 is 2.39 bits per heavy atom. The van der Waals surface area contributed by atoms with Crippen LogP contribution in [0.4, 0.5) is 11.4 Å². The summed E-state index contributed by atoms with van der Waals surface area (Å²) in [5, 5.41) is 15.8. The van der Waals surface area contributed by atoms with Crippen molar-refractivity contribution in [2.75, 3.05) is 51.1 Å². The van der Waals surface area contributed by atoms with Crippen molar-refractivity contribution in [1.82, 2.24) is 10.2 Å². The molecule has 2 amide bonds. The lowest BCUT2D eigenvalue weighted by Gasteiger charge is -2.32. The fourth-order valence-corrected chi connectivity index (χ4v) is 4.72. The zero-order valence-corrected chi connectivity index (χ0v) is 21.8. The first-order chi connectivity index (χ1) is 15.6. The molecule has 182 valence electrons. The molecule has 0 fully saturated rings. The van der Waals surface area contributed by atoms with Gasteiger partial charge in [0, 0.05) is 32.3 Å². The minimum absolute atomic E-state index is 0.0700. The highest BCUT2D eigenvalue weighted by molar-refractivity contribution is 7.18. The van der Waals surface area contributed by atoms with E-state index in [0.29, 0.717) is 26.3 Å². The molecule has 33 heavy (non-hydrogen) atoms. The molecule has 0 spiro atoms. The summed E-state index contributed by atoms with van der Waals surface area (Å²) in [5.74, 6) is -0.830. The lowest BCUT2D eigenvalue weighted by molar-refractivity contribution is -0.123. The molecule has 0 saturated heterocycles. The molecule has 1 heterocycles. The van der Waals surface area contributed by atoms with Crippen LogP contribution in [0.25, 0.3) is 0 Å². The molecule has 0 bridgehead atoms. The van der Waals surface area contributed by atoms with Crippen LogP contribution in [0.3, 0.4) is 0 Å². The molecule has 7 nitrogen and oxygen atoms in total. The molecular formula is C23H32Cl2N4O3S. The van der Waals surface area contributed by atoms with E-state index in [1.54, 1.807) is 31.2 Å². The van der Waals surface area contributed by atoms with Crippen molar-refractivity contribution in [3.63, 3.8) is 0 Å². The van der Waals surface area contributed by atoms with Gasteiger partial charge in [-0.25, -0.2) is 0 Å². The Bertz CT molecular complexity index is 954. The van der Waals surface area contributed by atoms with Gasteiger partial charge in [0.05, 0.1) is 19.9 Å². The van der Waals surface area contributed by atoms with E-state index in [4.69, 9.17) is 23.2 Å². The van der Waals surface area contributed by atoms with Crippen LogP contribution in [0.1, 0.15) is 35.9 Å². The van der Waals surface area contributed by atoms with Crippen LogP contribution in [0, 0.1) is 0 Å². The number of anilines is 2. The molecule has 0 aliphatic carbocycles. The van der Waals surface area contributed by atoms with Crippen molar-refractivity contribution in [3.05, 3.63) is 44.6 Å². The minimum atomic E-state index is -1.28. The maximum absolute atomic E-state index is 13.2. The number of halogens is 2. The molecule has 0 radical (unpaired) electrons. The number of hydrogen-bond acceptors (Lipinski definition) is 6. The molecule has 1 unspecified atom stereocenters. The zero-order valence-electron chi connectivity index (χ0n) is 19.5. The monoisotopic (exact) mass is 514 g/mol. The van der Waals surface area contributed by atoms with E-state index in [9.17, 15) is 14.7 Å². The van der Waals surface area contributed by atoms with Crippen LogP contribution in [-0.4, -0.2) is 68.2 Å².